The average Bonchev–Trinajstić information content (AvgIpc) is 3.35. The summed E-state index contributed by atoms with van der Waals surface area (Å²) in [5.41, 5.74) is 2.39. The molecule has 2 rings (SSSR count). The van der Waals surface area contributed by atoms with E-state index in [0.29, 0.717) is 16.5 Å². The fraction of sp³-hybridized carbons (Fsp3) is 0.500. The molecule has 1 aromatic heterocycles. The third kappa shape index (κ3) is 5.05. The van der Waals surface area contributed by atoms with Crippen LogP contribution < -0.4 is 10.6 Å². The van der Waals surface area contributed by atoms with Crippen LogP contribution in [0.2, 0.25) is 0 Å². The zero-order valence-electron chi connectivity index (χ0n) is 14.1. The molecule has 1 aromatic rings. The van der Waals surface area contributed by atoms with Crippen molar-refractivity contribution >= 4 is 51.4 Å². The normalized spacial score (nSPS) is 14.5. The van der Waals surface area contributed by atoms with E-state index in [0.717, 1.165) is 35.7 Å². The molecular weight excluding hydrogens is 362 g/mol. The molecule has 1 heterocycles. The molecule has 1 atom stereocenters. The molecule has 25 heavy (non-hydrogen) atoms. The maximum atomic E-state index is 12.3. The lowest BCUT2D eigenvalue weighted by atomic mass is 10.1. The van der Waals surface area contributed by atoms with E-state index in [1.807, 2.05) is 5.38 Å². The van der Waals surface area contributed by atoms with Crippen LogP contribution in [0.5, 0.6) is 0 Å². The number of carbonyl (C=O) groups is 3. The van der Waals surface area contributed by atoms with Crippen molar-refractivity contribution in [2.24, 2.45) is 0 Å². The Kier molecular flexibility index (Phi) is 7.01. The molecule has 0 aliphatic heterocycles. The Labute approximate surface area is 154 Å². The molecule has 9 heteroatoms. The molecule has 1 fully saturated rings. The summed E-state index contributed by atoms with van der Waals surface area (Å²) in [6.07, 6.45) is 1.98. The molecular formula is C16H21N3O4S2. The van der Waals surface area contributed by atoms with Crippen LogP contribution >= 0.6 is 23.1 Å². The van der Waals surface area contributed by atoms with Gasteiger partial charge in [-0.25, -0.2) is 4.79 Å². The summed E-state index contributed by atoms with van der Waals surface area (Å²) in [6, 6.07) is 0. The number of nitrogens with one attached hydrogen (secondary N) is 3. The van der Waals surface area contributed by atoms with Crippen LogP contribution in [0, 0.1) is 5.41 Å². The first-order valence-corrected chi connectivity index (χ1v) is 9.78. The quantitative estimate of drug-likeness (QED) is 0.345. The van der Waals surface area contributed by atoms with Crippen molar-refractivity contribution < 1.29 is 19.1 Å². The Balaban J connectivity index is 2.13. The number of hydrogen-bond donors (Lipinski definition) is 3. The summed E-state index contributed by atoms with van der Waals surface area (Å²) < 4.78 is 5.12. The summed E-state index contributed by atoms with van der Waals surface area (Å²) in [6.45, 7) is 2.00. The zero-order valence-corrected chi connectivity index (χ0v) is 15.7. The first kappa shape index (κ1) is 19.5. The third-order valence-corrected chi connectivity index (χ3v) is 5.47. The lowest BCUT2D eigenvalue weighted by Gasteiger charge is -2.13. The van der Waals surface area contributed by atoms with E-state index in [9.17, 15) is 14.4 Å². The molecule has 2 amide bonds. The molecule has 0 bridgehead atoms. The second-order valence-corrected chi connectivity index (χ2v) is 7.46. The number of thioether (sulfide) groups is 1. The zero-order chi connectivity index (χ0) is 18.4. The highest BCUT2D eigenvalue weighted by Crippen LogP contribution is 2.46. The van der Waals surface area contributed by atoms with Gasteiger partial charge in [0.15, 0.2) is 0 Å². The monoisotopic (exact) mass is 383 g/mol. The third-order valence-electron chi connectivity index (χ3n) is 3.71. The van der Waals surface area contributed by atoms with Gasteiger partial charge in [0.05, 0.1) is 23.0 Å². The van der Waals surface area contributed by atoms with Gasteiger partial charge in [0, 0.05) is 13.5 Å². The van der Waals surface area contributed by atoms with Gasteiger partial charge in [-0.15, -0.1) is 23.1 Å². The first-order chi connectivity index (χ1) is 12.0. The van der Waals surface area contributed by atoms with E-state index in [4.69, 9.17) is 10.1 Å². The van der Waals surface area contributed by atoms with Crippen molar-refractivity contribution in [3.63, 3.8) is 0 Å². The molecule has 0 spiro atoms. The number of thiophene rings is 1. The highest BCUT2D eigenvalue weighted by Gasteiger charge is 2.32. The van der Waals surface area contributed by atoms with Crippen molar-refractivity contribution in [3.8, 4) is 0 Å². The molecule has 0 saturated heterocycles. The van der Waals surface area contributed by atoms with Gasteiger partial charge in [-0.2, -0.15) is 0 Å². The molecule has 0 radical (unpaired) electrons. The van der Waals surface area contributed by atoms with Crippen LogP contribution in [0.1, 0.15) is 48.0 Å². The SMILES string of the molecule is CCOC(=O)c1c(C2CC2)csc1NC(=O)CC(SC=N)C(=O)NC. The summed E-state index contributed by atoms with van der Waals surface area (Å²) in [4.78, 5) is 36.4. The van der Waals surface area contributed by atoms with Gasteiger partial charge in [0.2, 0.25) is 11.8 Å². The van der Waals surface area contributed by atoms with Crippen LogP contribution in [0.25, 0.3) is 0 Å². The number of ether oxygens (including phenoxy) is 1. The summed E-state index contributed by atoms with van der Waals surface area (Å²) in [5.74, 6) is -0.775. The predicted molar refractivity (Wildman–Crippen MR) is 99.7 cm³/mol. The van der Waals surface area contributed by atoms with E-state index < -0.39 is 11.2 Å². The largest absolute Gasteiger partial charge is 0.462 e. The Morgan fingerprint density at radius 1 is 1.48 bits per heavy atom. The van der Waals surface area contributed by atoms with Crippen LogP contribution in [-0.2, 0) is 14.3 Å². The van der Waals surface area contributed by atoms with Crippen molar-refractivity contribution in [1.82, 2.24) is 5.32 Å². The molecule has 136 valence electrons. The van der Waals surface area contributed by atoms with Crippen molar-refractivity contribution in [1.29, 1.82) is 5.41 Å². The lowest BCUT2D eigenvalue weighted by molar-refractivity contribution is -0.123. The highest BCUT2D eigenvalue weighted by molar-refractivity contribution is 8.13. The first-order valence-electron chi connectivity index (χ1n) is 7.96. The standard InChI is InChI=1S/C16H21N3O4S2/c1-3-23-16(22)13-10(9-4-5-9)7-24-15(13)19-12(20)6-11(25-8-17)14(21)18-2/h7-9,11,17H,3-6H2,1-2H3,(H,18,21)(H,19,20). The van der Waals surface area contributed by atoms with E-state index in [1.54, 1.807) is 6.92 Å². The fourth-order valence-corrected chi connectivity index (χ4v) is 4.06. The highest BCUT2D eigenvalue weighted by atomic mass is 32.2. The van der Waals surface area contributed by atoms with Gasteiger partial charge in [-0.1, -0.05) is 0 Å². The molecule has 3 N–H and O–H groups in total. The molecule has 1 aliphatic carbocycles. The van der Waals surface area contributed by atoms with Crippen molar-refractivity contribution in [2.75, 3.05) is 19.0 Å². The summed E-state index contributed by atoms with van der Waals surface area (Å²) in [5, 5.41) is 14.0. The number of rotatable bonds is 9. The summed E-state index contributed by atoms with van der Waals surface area (Å²) in [7, 11) is 1.48. The van der Waals surface area contributed by atoms with Crippen molar-refractivity contribution in [2.45, 2.75) is 37.4 Å². The second-order valence-electron chi connectivity index (χ2n) is 5.50. The molecule has 1 saturated carbocycles. The van der Waals surface area contributed by atoms with Gasteiger partial charge in [0.25, 0.3) is 0 Å². The second kappa shape index (κ2) is 9.00. The molecule has 0 aromatic carbocycles. The van der Waals surface area contributed by atoms with E-state index >= 15 is 0 Å². The smallest absolute Gasteiger partial charge is 0.341 e. The predicted octanol–water partition coefficient (Wildman–Crippen LogP) is 2.59. The summed E-state index contributed by atoms with van der Waals surface area (Å²) >= 11 is 2.26. The number of amides is 2. The molecule has 1 unspecified atom stereocenters. The van der Waals surface area contributed by atoms with Crippen LogP contribution in [0.15, 0.2) is 5.38 Å². The number of anilines is 1. The maximum absolute atomic E-state index is 12.3. The minimum atomic E-state index is -0.684. The fourth-order valence-electron chi connectivity index (χ4n) is 2.36. The van der Waals surface area contributed by atoms with E-state index in [2.05, 4.69) is 10.6 Å². The van der Waals surface area contributed by atoms with E-state index in [-0.39, 0.29) is 24.8 Å². The number of esters is 1. The lowest BCUT2D eigenvalue weighted by Crippen LogP contribution is -2.33. The van der Waals surface area contributed by atoms with Crippen LogP contribution in [-0.4, -0.2) is 42.2 Å². The Morgan fingerprint density at radius 2 is 2.20 bits per heavy atom. The maximum Gasteiger partial charge on any atom is 0.341 e. The van der Waals surface area contributed by atoms with Gasteiger partial charge >= 0.3 is 5.97 Å². The van der Waals surface area contributed by atoms with Gasteiger partial charge in [0.1, 0.15) is 5.00 Å². The van der Waals surface area contributed by atoms with E-state index in [1.165, 1.54) is 18.4 Å². The van der Waals surface area contributed by atoms with Crippen LogP contribution in [0.4, 0.5) is 5.00 Å². The molecule has 7 nitrogen and oxygen atoms in total. The minimum Gasteiger partial charge on any atom is -0.462 e. The Hall–Kier alpha value is -1.87. The Bertz CT molecular complexity index is 670. The minimum absolute atomic E-state index is 0.0847. The van der Waals surface area contributed by atoms with Gasteiger partial charge in [-0.05, 0) is 36.6 Å². The number of carbonyl (C=O) groups excluding carboxylic acids is 3. The van der Waals surface area contributed by atoms with Crippen LogP contribution in [0.3, 0.4) is 0 Å². The average molecular weight is 383 g/mol. The topological polar surface area (TPSA) is 108 Å². The van der Waals surface area contributed by atoms with Crippen molar-refractivity contribution in [3.05, 3.63) is 16.5 Å². The van der Waals surface area contributed by atoms with Gasteiger partial charge < -0.3 is 20.8 Å². The number of hydrogen-bond acceptors (Lipinski definition) is 7. The Morgan fingerprint density at radius 3 is 2.76 bits per heavy atom. The van der Waals surface area contributed by atoms with Gasteiger partial charge in [-0.3, -0.25) is 9.59 Å². The molecule has 1 aliphatic rings.